The van der Waals surface area contributed by atoms with E-state index >= 15 is 0 Å². The molecule has 0 amide bonds. The molecule has 4 N–H and O–H groups in total. The second-order valence-electron chi connectivity index (χ2n) is 10.3. The van der Waals surface area contributed by atoms with Crippen molar-refractivity contribution in [3.63, 3.8) is 0 Å². The Balaban J connectivity index is 1.39. The first-order valence-corrected chi connectivity index (χ1v) is 12.4. The summed E-state index contributed by atoms with van der Waals surface area (Å²) in [5, 5.41) is 21.1. The van der Waals surface area contributed by atoms with Crippen LogP contribution in [0.1, 0.15) is 43.7 Å². The standard InChI is InChI=1S/C26H32N2O9/c1-13(35-19(29)7-5-15(27)23(30)31)24(32)36-17-8-9-26(33)18-12-14-4-6-16(34-3)21-20(14)25(26,22(17)37-21)10-11-28(18)2/h4,6,8,13,15,18,22,33H,5,7,9-12,27H2,1-3H3,(H,30,31)/t13-,15-,18-,22-,25-,26+/m0/s1. The zero-order chi connectivity index (χ0) is 26.7. The fourth-order valence-electron chi connectivity index (χ4n) is 6.49. The van der Waals surface area contributed by atoms with Gasteiger partial charge >= 0.3 is 17.9 Å². The molecular weight excluding hydrogens is 484 g/mol. The Morgan fingerprint density at radius 1 is 1.32 bits per heavy atom. The number of ether oxygens (including phenoxy) is 4. The summed E-state index contributed by atoms with van der Waals surface area (Å²) in [5.41, 5.74) is 5.46. The third-order valence-corrected chi connectivity index (χ3v) is 8.39. The molecule has 0 saturated carbocycles. The van der Waals surface area contributed by atoms with Gasteiger partial charge in [0.05, 0.1) is 18.1 Å². The number of methoxy groups -OCH3 is 1. The number of carbonyl (C=O) groups excluding carboxylic acids is 2. The van der Waals surface area contributed by atoms with Crippen molar-refractivity contribution in [3.05, 3.63) is 35.1 Å². The molecule has 37 heavy (non-hydrogen) atoms. The average Bonchev–Trinajstić information content (AvgIpc) is 3.22. The van der Waals surface area contributed by atoms with E-state index in [4.69, 9.17) is 29.8 Å². The number of carboxylic acids is 1. The van der Waals surface area contributed by atoms with Gasteiger partial charge in [0, 0.05) is 24.4 Å². The van der Waals surface area contributed by atoms with E-state index in [0.717, 1.165) is 17.7 Å². The zero-order valence-electron chi connectivity index (χ0n) is 21.1. The van der Waals surface area contributed by atoms with Crippen molar-refractivity contribution in [2.45, 2.75) is 74.3 Å². The van der Waals surface area contributed by atoms with E-state index in [1.165, 1.54) is 6.92 Å². The molecule has 6 atom stereocenters. The summed E-state index contributed by atoms with van der Waals surface area (Å²) < 4.78 is 22.9. The Labute approximate surface area is 214 Å². The number of esters is 2. The summed E-state index contributed by atoms with van der Waals surface area (Å²) in [5.74, 6) is -1.40. The molecule has 0 radical (unpaired) electrons. The van der Waals surface area contributed by atoms with Gasteiger partial charge in [-0.3, -0.25) is 9.59 Å². The number of benzene rings is 1. The highest BCUT2D eigenvalue weighted by Crippen LogP contribution is 2.65. The molecule has 4 aliphatic rings. The number of aliphatic carboxylic acids is 1. The number of likely N-dealkylation sites (tertiary alicyclic amines) is 1. The lowest BCUT2D eigenvalue weighted by Crippen LogP contribution is -2.74. The van der Waals surface area contributed by atoms with Crippen LogP contribution in [0.5, 0.6) is 11.5 Å². The van der Waals surface area contributed by atoms with Crippen LogP contribution in [0.15, 0.2) is 24.0 Å². The molecule has 2 heterocycles. The highest BCUT2D eigenvalue weighted by atomic mass is 16.6. The van der Waals surface area contributed by atoms with E-state index in [9.17, 15) is 19.5 Å². The first kappa shape index (κ1) is 25.5. The van der Waals surface area contributed by atoms with Crippen molar-refractivity contribution in [3.8, 4) is 11.5 Å². The SMILES string of the molecule is COc1ccc2c3c1O[C@H]1C(OC(=O)[C@H](C)OC(=O)CC[C@H](N)C(=O)O)=CC[C@@]4(O)[C@H](C2)N(C)CC[C@]314. The third-order valence-electron chi connectivity index (χ3n) is 8.39. The summed E-state index contributed by atoms with van der Waals surface area (Å²) in [6.07, 6.45) is 0.861. The highest BCUT2D eigenvalue weighted by Gasteiger charge is 2.72. The van der Waals surface area contributed by atoms with Crippen LogP contribution in [-0.2, 0) is 35.7 Å². The molecule has 0 unspecified atom stereocenters. The molecule has 1 aromatic carbocycles. The van der Waals surface area contributed by atoms with Crippen molar-refractivity contribution < 1.29 is 43.5 Å². The van der Waals surface area contributed by atoms with Crippen LogP contribution < -0.4 is 15.2 Å². The number of carbonyl (C=O) groups is 3. The van der Waals surface area contributed by atoms with Crippen LogP contribution in [-0.4, -0.2) is 83.6 Å². The second kappa shape index (κ2) is 9.00. The number of carboxylic acid groups (broad SMARTS) is 1. The number of hydrogen-bond acceptors (Lipinski definition) is 10. The number of hydrogen-bond donors (Lipinski definition) is 3. The fourth-order valence-corrected chi connectivity index (χ4v) is 6.49. The molecule has 5 rings (SSSR count). The number of nitrogens with two attached hydrogens (primary N) is 1. The van der Waals surface area contributed by atoms with Crippen LogP contribution >= 0.6 is 0 Å². The Morgan fingerprint density at radius 2 is 2.08 bits per heavy atom. The van der Waals surface area contributed by atoms with Gasteiger partial charge < -0.3 is 39.8 Å². The molecule has 1 spiro atoms. The van der Waals surface area contributed by atoms with E-state index in [0.29, 0.717) is 24.3 Å². The summed E-state index contributed by atoms with van der Waals surface area (Å²) in [7, 11) is 3.57. The smallest absolute Gasteiger partial charge is 0.352 e. The molecule has 0 aromatic heterocycles. The molecule has 11 heteroatoms. The normalized spacial score (nSPS) is 30.8. The van der Waals surface area contributed by atoms with E-state index in [1.807, 2.05) is 19.2 Å². The van der Waals surface area contributed by atoms with Crippen molar-refractivity contribution in [1.82, 2.24) is 4.90 Å². The number of likely N-dealkylation sites (N-methyl/N-ethyl adjacent to an activating group) is 1. The summed E-state index contributed by atoms with van der Waals surface area (Å²) in [4.78, 5) is 38.1. The lowest BCUT2D eigenvalue weighted by molar-refractivity contribution is -0.175. The maximum absolute atomic E-state index is 12.9. The zero-order valence-corrected chi connectivity index (χ0v) is 21.1. The Kier molecular flexibility index (Phi) is 6.20. The number of nitrogens with zero attached hydrogens (tertiary/aromatic N) is 1. The maximum Gasteiger partial charge on any atom is 0.352 e. The predicted octanol–water partition coefficient (Wildman–Crippen LogP) is 0.640. The Bertz CT molecular complexity index is 1180. The number of rotatable bonds is 8. The molecule has 1 saturated heterocycles. The van der Waals surface area contributed by atoms with Crippen LogP contribution in [0.3, 0.4) is 0 Å². The topological polar surface area (TPSA) is 158 Å². The van der Waals surface area contributed by atoms with Gasteiger partial charge in [-0.15, -0.1) is 0 Å². The minimum atomic E-state index is -1.24. The summed E-state index contributed by atoms with van der Waals surface area (Å²) in [6.45, 7) is 2.11. The minimum Gasteiger partial charge on any atom is -0.493 e. The fraction of sp³-hybridized carbons (Fsp3) is 0.577. The van der Waals surface area contributed by atoms with Gasteiger partial charge in [-0.2, -0.15) is 0 Å². The first-order chi connectivity index (χ1) is 17.5. The van der Waals surface area contributed by atoms with Gasteiger partial charge in [0.25, 0.3) is 0 Å². The van der Waals surface area contributed by atoms with Crippen LogP contribution in [0.25, 0.3) is 0 Å². The Hall–Kier alpha value is -3.15. The molecule has 200 valence electrons. The van der Waals surface area contributed by atoms with Crippen LogP contribution in [0.2, 0.25) is 0 Å². The quantitative estimate of drug-likeness (QED) is 0.416. The maximum atomic E-state index is 12.9. The van der Waals surface area contributed by atoms with Gasteiger partial charge in [0.15, 0.2) is 23.7 Å². The summed E-state index contributed by atoms with van der Waals surface area (Å²) in [6, 6.07) is 2.54. The van der Waals surface area contributed by atoms with E-state index in [2.05, 4.69) is 4.90 Å². The van der Waals surface area contributed by atoms with Gasteiger partial charge in [0.2, 0.25) is 0 Å². The molecule has 2 aliphatic heterocycles. The number of piperidine rings is 1. The van der Waals surface area contributed by atoms with Gasteiger partial charge in [-0.1, -0.05) is 6.07 Å². The molecule has 1 aromatic rings. The lowest BCUT2D eigenvalue weighted by Gasteiger charge is -2.61. The molecule has 2 bridgehead atoms. The van der Waals surface area contributed by atoms with Crippen molar-refractivity contribution in [1.29, 1.82) is 0 Å². The van der Waals surface area contributed by atoms with Gasteiger partial charge in [-0.25, -0.2) is 4.79 Å². The number of aliphatic hydroxyl groups is 1. The Morgan fingerprint density at radius 3 is 2.78 bits per heavy atom. The molecule has 1 fully saturated rings. The van der Waals surface area contributed by atoms with Crippen LogP contribution in [0.4, 0.5) is 0 Å². The summed E-state index contributed by atoms with van der Waals surface area (Å²) >= 11 is 0. The van der Waals surface area contributed by atoms with Crippen molar-refractivity contribution >= 4 is 17.9 Å². The highest BCUT2D eigenvalue weighted by molar-refractivity contribution is 5.80. The molecule has 11 nitrogen and oxygen atoms in total. The predicted molar refractivity (Wildman–Crippen MR) is 128 cm³/mol. The van der Waals surface area contributed by atoms with E-state index in [1.54, 1.807) is 13.2 Å². The first-order valence-electron chi connectivity index (χ1n) is 12.4. The van der Waals surface area contributed by atoms with Gasteiger partial charge in [0.1, 0.15) is 11.8 Å². The third kappa shape index (κ3) is 3.71. The largest absolute Gasteiger partial charge is 0.493 e. The molecular formula is C26H32N2O9. The van der Waals surface area contributed by atoms with E-state index < -0.39 is 47.2 Å². The van der Waals surface area contributed by atoms with Crippen molar-refractivity contribution in [2.24, 2.45) is 5.73 Å². The average molecular weight is 517 g/mol. The monoisotopic (exact) mass is 516 g/mol. The molecule has 2 aliphatic carbocycles. The van der Waals surface area contributed by atoms with Crippen LogP contribution in [0, 0.1) is 0 Å². The van der Waals surface area contributed by atoms with Gasteiger partial charge in [-0.05, 0) is 57.5 Å². The minimum absolute atomic E-state index is 0.115. The lowest BCUT2D eigenvalue weighted by atomic mass is 9.50. The van der Waals surface area contributed by atoms with Crippen molar-refractivity contribution in [2.75, 3.05) is 20.7 Å². The van der Waals surface area contributed by atoms with E-state index in [-0.39, 0.29) is 31.1 Å². The second-order valence-corrected chi connectivity index (χ2v) is 10.3.